The molecule has 1 aromatic heterocycles. The van der Waals surface area contributed by atoms with Gasteiger partial charge in [-0.3, -0.25) is 9.78 Å². The summed E-state index contributed by atoms with van der Waals surface area (Å²) in [7, 11) is 0. The first-order chi connectivity index (χ1) is 12.2. The summed E-state index contributed by atoms with van der Waals surface area (Å²) in [6, 6.07) is 10.4. The molecule has 0 amide bonds. The van der Waals surface area contributed by atoms with Crippen molar-refractivity contribution in [2.75, 3.05) is 0 Å². The Morgan fingerprint density at radius 3 is 2.76 bits per heavy atom. The van der Waals surface area contributed by atoms with Gasteiger partial charge < -0.3 is 0 Å². The van der Waals surface area contributed by atoms with Gasteiger partial charge in [-0.1, -0.05) is 37.1 Å². The molecule has 2 aliphatic carbocycles. The van der Waals surface area contributed by atoms with Crippen molar-refractivity contribution in [1.29, 1.82) is 0 Å². The molecular formula is C22H22FNO. The number of halogens is 1. The van der Waals surface area contributed by atoms with Crippen LogP contribution in [-0.2, 0) is 4.79 Å². The zero-order valence-electron chi connectivity index (χ0n) is 14.2. The third-order valence-electron chi connectivity index (χ3n) is 5.68. The lowest BCUT2D eigenvalue weighted by Crippen LogP contribution is -2.19. The van der Waals surface area contributed by atoms with Gasteiger partial charge in [-0.2, -0.15) is 0 Å². The molecule has 0 aliphatic heterocycles. The van der Waals surface area contributed by atoms with E-state index in [0.717, 1.165) is 23.2 Å². The van der Waals surface area contributed by atoms with Gasteiger partial charge >= 0.3 is 0 Å². The van der Waals surface area contributed by atoms with Crippen LogP contribution in [0.25, 0.3) is 17.2 Å². The summed E-state index contributed by atoms with van der Waals surface area (Å²) in [5.41, 5.74) is 2.55. The Hall–Kier alpha value is -2.29. The number of Topliss-reactive ketones (excluding diaryl/α,β-unsaturated/α-hetero) is 1. The summed E-state index contributed by atoms with van der Waals surface area (Å²) >= 11 is 0. The fraction of sp³-hybridized carbons (Fsp3) is 0.364. The monoisotopic (exact) mass is 335 g/mol. The lowest BCUT2D eigenvalue weighted by Gasteiger charge is -2.26. The average Bonchev–Trinajstić information content (AvgIpc) is 2.95. The number of hydrogen-bond donors (Lipinski definition) is 0. The Bertz CT molecular complexity index is 796. The van der Waals surface area contributed by atoms with Gasteiger partial charge in [-0.15, -0.1) is 0 Å². The predicted octanol–water partition coefficient (Wildman–Crippen LogP) is 5.30. The third-order valence-corrected chi connectivity index (χ3v) is 5.68. The maximum Gasteiger partial charge on any atom is 0.140 e. The highest BCUT2D eigenvalue weighted by Crippen LogP contribution is 2.44. The zero-order valence-corrected chi connectivity index (χ0v) is 14.2. The Kier molecular flexibility index (Phi) is 4.48. The van der Waals surface area contributed by atoms with Gasteiger partial charge in [0.15, 0.2) is 0 Å². The number of carbonyl (C=O) groups is 1. The van der Waals surface area contributed by atoms with Gasteiger partial charge in [-0.25, -0.2) is 4.39 Å². The minimum absolute atomic E-state index is 0.0648. The van der Waals surface area contributed by atoms with E-state index in [4.69, 9.17) is 0 Å². The van der Waals surface area contributed by atoms with Crippen molar-refractivity contribution in [2.45, 2.75) is 32.1 Å². The second-order valence-corrected chi connectivity index (χ2v) is 7.25. The molecule has 0 radical (unpaired) electrons. The molecule has 2 aromatic rings. The zero-order chi connectivity index (χ0) is 17.2. The SMILES string of the molecule is O=C1C[C@H]2CCCC[C@H]2[C@@H]1/C=C/c1ccc(-c2cccc(F)c2)cn1. The Morgan fingerprint density at radius 1 is 1.08 bits per heavy atom. The molecule has 2 aliphatic rings. The van der Waals surface area contributed by atoms with Gasteiger partial charge in [0.25, 0.3) is 0 Å². The summed E-state index contributed by atoms with van der Waals surface area (Å²) in [6.45, 7) is 0. The minimum atomic E-state index is -0.247. The topological polar surface area (TPSA) is 30.0 Å². The normalized spacial score (nSPS) is 26.1. The van der Waals surface area contributed by atoms with Crippen LogP contribution in [0.5, 0.6) is 0 Å². The molecule has 4 rings (SSSR count). The highest BCUT2D eigenvalue weighted by Gasteiger charge is 2.41. The van der Waals surface area contributed by atoms with Crippen LogP contribution in [0.2, 0.25) is 0 Å². The number of rotatable bonds is 3. The smallest absolute Gasteiger partial charge is 0.140 e. The van der Waals surface area contributed by atoms with Gasteiger partial charge in [0.05, 0.1) is 5.69 Å². The molecule has 0 unspecified atom stereocenters. The highest BCUT2D eigenvalue weighted by atomic mass is 19.1. The molecule has 3 heteroatoms. The first-order valence-corrected chi connectivity index (χ1v) is 9.13. The molecule has 3 atom stereocenters. The van der Waals surface area contributed by atoms with Crippen LogP contribution in [-0.4, -0.2) is 10.8 Å². The molecular weight excluding hydrogens is 313 g/mol. The fourth-order valence-electron chi connectivity index (χ4n) is 4.39. The lowest BCUT2D eigenvalue weighted by molar-refractivity contribution is -0.120. The summed E-state index contributed by atoms with van der Waals surface area (Å²) in [6.07, 6.45) is 11.4. The highest BCUT2D eigenvalue weighted by molar-refractivity contribution is 5.86. The molecule has 0 N–H and O–H groups in total. The average molecular weight is 335 g/mol. The van der Waals surface area contributed by atoms with Crippen LogP contribution in [0.1, 0.15) is 37.8 Å². The molecule has 1 heterocycles. The van der Waals surface area contributed by atoms with Crippen molar-refractivity contribution < 1.29 is 9.18 Å². The second kappa shape index (κ2) is 6.91. The molecule has 0 bridgehead atoms. The molecule has 2 saturated carbocycles. The lowest BCUT2D eigenvalue weighted by atomic mass is 9.78. The van der Waals surface area contributed by atoms with Gasteiger partial charge in [-0.05, 0) is 54.5 Å². The maximum atomic E-state index is 13.3. The van der Waals surface area contributed by atoms with Crippen molar-refractivity contribution in [3.05, 3.63) is 60.2 Å². The van der Waals surface area contributed by atoms with Crippen molar-refractivity contribution >= 4 is 11.9 Å². The number of fused-ring (bicyclic) bond motifs is 1. The van der Waals surface area contributed by atoms with E-state index in [2.05, 4.69) is 11.1 Å². The number of pyridine rings is 1. The number of aromatic nitrogens is 1. The van der Waals surface area contributed by atoms with Gasteiger partial charge in [0, 0.05) is 24.1 Å². The van der Waals surface area contributed by atoms with Crippen LogP contribution < -0.4 is 0 Å². The van der Waals surface area contributed by atoms with E-state index in [1.54, 1.807) is 12.3 Å². The summed E-state index contributed by atoms with van der Waals surface area (Å²) < 4.78 is 13.3. The Labute approximate surface area is 147 Å². The molecule has 0 spiro atoms. The van der Waals surface area contributed by atoms with Crippen molar-refractivity contribution in [1.82, 2.24) is 4.98 Å². The van der Waals surface area contributed by atoms with Crippen LogP contribution in [0.3, 0.4) is 0 Å². The van der Waals surface area contributed by atoms with Crippen molar-refractivity contribution in [3.8, 4) is 11.1 Å². The Balaban J connectivity index is 1.49. The number of benzene rings is 1. The summed E-state index contributed by atoms with van der Waals surface area (Å²) in [4.78, 5) is 16.8. The molecule has 0 saturated heterocycles. The number of ketones is 1. The van der Waals surface area contributed by atoms with Crippen LogP contribution in [0.15, 0.2) is 48.7 Å². The number of allylic oxidation sites excluding steroid dienone is 1. The molecule has 2 fully saturated rings. The van der Waals surface area contributed by atoms with E-state index in [1.807, 2.05) is 24.3 Å². The molecule has 1 aromatic carbocycles. The predicted molar refractivity (Wildman–Crippen MR) is 97.2 cm³/mol. The number of nitrogens with zero attached hydrogens (tertiary/aromatic N) is 1. The first kappa shape index (κ1) is 16.2. The maximum absolute atomic E-state index is 13.3. The van der Waals surface area contributed by atoms with E-state index in [1.165, 1.54) is 37.8 Å². The summed E-state index contributed by atoms with van der Waals surface area (Å²) in [5.74, 6) is 1.34. The molecule has 25 heavy (non-hydrogen) atoms. The Morgan fingerprint density at radius 2 is 1.96 bits per heavy atom. The first-order valence-electron chi connectivity index (χ1n) is 9.13. The standard InChI is InChI=1S/C22H22FNO/c23-18-6-3-5-15(12-18)17-8-9-19(24-14-17)10-11-21-20-7-2-1-4-16(20)13-22(21)25/h3,5-6,8-12,14,16,20-21H,1-2,4,7,13H2/b11-10+/t16-,20-,21+/m1/s1. The van der Waals surface area contributed by atoms with E-state index in [9.17, 15) is 9.18 Å². The van der Waals surface area contributed by atoms with E-state index in [-0.39, 0.29) is 11.7 Å². The number of hydrogen-bond acceptors (Lipinski definition) is 2. The molecule has 128 valence electrons. The van der Waals surface area contributed by atoms with Crippen LogP contribution in [0.4, 0.5) is 4.39 Å². The van der Waals surface area contributed by atoms with Crippen molar-refractivity contribution in [2.24, 2.45) is 17.8 Å². The van der Waals surface area contributed by atoms with Crippen molar-refractivity contribution in [3.63, 3.8) is 0 Å². The largest absolute Gasteiger partial charge is 0.299 e. The van der Waals surface area contributed by atoms with Crippen LogP contribution >= 0.6 is 0 Å². The second-order valence-electron chi connectivity index (χ2n) is 7.25. The van der Waals surface area contributed by atoms with Crippen LogP contribution in [0, 0.1) is 23.6 Å². The third kappa shape index (κ3) is 3.41. The van der Waals surface area contributed by atoms with E-state index < -0.39 is 0 Å². The fourth-order valence-corrected chi connectivity index (χ4v) is 4.39. The minimum Gasteiger partial charge on any atom is -0.299 e. The van der Waals surface area contributed by atoms with Gasteiger partial charge in [0.2, 0.25) is 0 Å². The number of carbonyl (C=O) groups excluding carboxylic acids is 1. The van der Waals surface area contributed by atoms with E-state index >= 15 is 0 Å². The quantitative estimate of drug-likeness (QED) is 0.762. The summed E-state index contributed by atoms with van der Waals surface area (Å²) in [5, 5.41) is 0. The van der Waals surface area contributed by atoms with Gasteiger partial charge in [0.1, 0.15) is 11.6 Å². The van der Waals surface area contributed by atoms with E-state index in [0.29, 0.717) is 17.6 Å². The molecule has 2 nitrogen and oxygen atoms in total.